The third kappa shape index (κ3) is 4.35. The lowest BCUT2D eigenvalue weighted by Gasteiger charge is -2.04. The topological polar surface area (TPSA) is 78.5 Å². The molecular weight excluding hydrogens is 128 g/mol. The van der Waals surface area contributed by atoms with Gasteiger partial charge in [-0.3, -0.25) is 5.14 Å². The highest BCUT2D eigenvalue weighted by atomic mass is 32.2. The van der Waals surface area contributed by atoms with Gasteiger partial charge in [-0.25, -0.2) is 4.72 Å². The van der Waals surface area contributed by atoms with Gasteiger partial charge in [0.05, 0.1) is 12.7 Å². The molecule has 1 atom stereocenters. The second kappa shape index (κ2) is 5.33. The van der Waals surface area contributed by atoms with Gasteiger partial charge in [-0.15, -0.1) is 0 Å². The van der Waals surface area contributed by atoms with Crippen LogP contribution in [0.4, 0.5) is 0 Å². The average Bonchev–Trinajstić information content (AvgIpc) is 1.83. The van der Waals surface area contributed by atoms with E-state index in [-0.39, 0.29) is 6.61 Å². The minimum Gasteiger partial charge on any atom is -0.394 e. The Kier molecular flexibility index (Phi) is 5.46. The van der Waals surface area contributed by atoms with E-state index in [1.54, 1.807) is 0 Å². The van der Waals surface area contributed by atoms with Gasteiger partial charge in [-0.2, -0.15) is 0 Å². The largest absolute Gasteiger partial charge is 0.394 e. The van der Waals surface area contributed by atoms with E-state index in [1.165, 1.54) is 0 Å². The Morgan fingerprint density at radius 2 is 2.38 bits per heavy atom. The molecule has 0 radical (unpaired) electrons. The minimum absolute atomic E-state index is 0.229. The van der Waals surface area contributed by atoms with Crippen molar-refractivity contribution < 1.29 is 10.2 Å². The number of nitrogens with two attached hydrogens (primary N) is 1. The monoisotopic (exact) mass is 138 g/mol. The molecule has 0 aliphatic rings. The van der Waals surface area contributed by atoms with Crippen molar-refractivity contribution in [3.63, 3.8) is 0 Å². The summed E-state index contributed by atoms with van der Waals surface area (Å²) in [6, 6.07) is 0. The summed E-state index contributed by atoms with van der Waals surface area (Å²) in [5.74, 6) is 0. The van der Waals surface area contributed by atoms with Crippen LogP contribution in [0.2, 0.25) is 0 Å². The summed E-state index contributed by atoms with van der Waals surface area (Å²) in [4.78, 5) is 0. The van der Waals surface area contributed by atoms with Crippen LogP contribution in [0, 0.1) is 0 Å². The molecule has 50 valence electrons. The zero-order chi connectivity index (χ0) is 6.41. The molecule has 1 unspecified atom stereocenters. The third-order valence-electron chi connectivity index (χ3n) is 0.613. The van der Waals surface area contributed by atoms with E-state index in [1.807, 2.05) is 0 Å². The molecule has 5 heteroatoms. The van der Waals surface area contributed by atoms with Crippen LogP contribution in [0.1, 0.15) is 0 Å². The molecule has 0 aliphatic heterocycles. The van der Waals surface area contributed by atoms with E-state index in [0.717, 1.165) is 12.1 Å². The summed E-state index contributed by atoms with van der Waals surface area (Å²) in [5, 5.41) is 21.8. The van der Waals surface area contributed by atoms with Crippen molar-refractivity contribution in [3.8, 4) is 0 Å². The first-order valence-corrected chi connectivity index (χ1v) is 3.06. The van der Waals surface area contributed by atoms with E-state index in [0.29, 0.717) is 6.54 Å². The molecule has 0 fully saturated rings. The maximum Gasteiger partial charge on any atom is 0.0904 e. The fourth-order valence-corrected chi connectivity index (χ4v) is 0.497. The van der Waals surface area contributed by atoms with Crippen molar-refractivity contribution in [2.24, 2.45) is 5.14 Å². The molecule has 0 saturated carbocycles. The molecule has 0 aromatic rings. The van der Waals surface area contributed by atoms with Gasteiger partial charge >= 0.3 is 0 Å². The quantitative estimate of drug-likeness (QED) is 0.354. The van der Waals surface area contributed by atoms with Gasteiger partial charge in [-0.05, 0) is 0 Å². The molecule has 0 aromatic heterocycles. The Hall–Kier alpha value is 0.190. The lowest BCUT2D eigenvalue weighted by Crippen LogP contribution is -2.26. The maximum absolute atomic E-state index is 8.61. The van der Waals surface area contributed by atoms with Gasteiger partial charge in [-0.1, -0.05) is 0 Å². The minimum atomic E-state index is -0.703. The van der Waals surface area contributed by atoms with E-state index in [9.17, 15) is 0 Å². The molecule has 0 spiro atoms. The third-order valence-corrected chi connectivity index (χ3v) is 0.946. The van der Waals surface area contributed by atoms with E-state index in [2.05, 4.69) is 4.72 Å². The van der Waals surface area contributed by atoms with Crippen molar-refractivity contribution in [1.82, 2.24) is 4.72 Å². The Balaban J connectivity index is 2.86. The van der Waals surface area contributed by atoms with Crippen molar-refractivity contribution in [3.05, 3.63) is 0 Å². The fraction of sp³-hybridized carbons (Fsp3) is 1.00. The molecule has 0 aliphatic carbocycles. The second-order valence-corrected chi connectivity index (χ2v) is 1.83. The number of aliphatic hydroxyl groups is 2. The van der Waals surface area contributed by atoms with Crippen LogP contribution in [0.5, 0.6) is 0 Å². The molecule has 0 aromatic carbocycles. The number of hydrogen-bond acceptors (Lipinski definition) is 5. The summed E-state index contributed by atoms with van der Waals surface area (Å²) >= 11 is 0.924. The van der Waals surface area contributed by atoms with Crippen LogP contribution in [-0.4, -0.2) is 29.5 Å². The molecule has 0 rings (SSSR count). The van der Waals surface area contributed by atoms with Gasteiger partial charge in [0.1, 0.15) is 0 Å². The summed E-state index contributed by atoms with van der Waals surface area (Å²) < 4.78 is 2.58. The highest BCUT2D eigenvalue weighted by Gasteiger charge is 1.97. The lowest BCUT2D eigenvalue weighted by atomic mass is 10.4. The van der Waals surface area contributed by atoms with Gasteiger partial charge in [0.2, 0.25) is 0 Å². The number of hydrogen-bond donors (Lipinski definition) is 4. The number of aliphatic hydroxyl groups excluding tert-OH is 2. The summed E-state index contributed by atoms with van der Waals surface area (Å²) in [7, 11) is 0. The van der Waals surface area contributed by atoms with Gasteiger partial charge in [0, 0.05) is 18.7 Å². The number of rotatable bonds is 4. The molecule has 0 saturated heterocycles. The van der Waals surface area contributed by atoms with Crippen LogP contribution in [-0.2, 0) is 0 Å². The maximum atomic E-state index is 8.61. The van der Waals surface area contributed by atoms with Crippen LogP contribution in [0.3, 0.4) is 0 Å². The second-order valence-electron chi connectivity index (χ2n) is 1.30. The molecule has 5 N–H and O–H groups in total. The molecule has 0 amide bonds. The smallest absolute Gasteiger partial charge is 0.0904 e. The summed E-state index contributed by atoms with van der Waals surface area (Å²) in [5.41, 5.74) is 0. The molecule has 8 heavy (non-hydrogen) atoms. The fourth-order valence-electron chi connectivity index (χ4n) is 0.209. The van der Waals surface area contributed by atoms with Gasteiger partial charge in [0.15, 0.2) is 0 Å². The highest BCUT2D eigenvalue weighted by Crippen LogP contribution is 1.79. The predicted octanol–water partition coefficient (Wildman–Crippen LogP) is -1.55. The van der Waals surface area contributed by atoms with Crippen molar-refractivity contribution in [2.75, 3.05) is 13.2 Å². The van der Waals surface area contributed by atoms with Gasteiger partial charge < -0.3 is 10.2 Å². The Morgan fingerprint density at radius 3 is 2.75 bits per heavy atom. The van der Waals surface area contributed by atoms with Crippen LogP contribution < -0.4 is 9.86 Å². The van der Waals surface area contributed by atoms with Crippen LogP contribution in [0.25, 0.3) is 0 Å². The predicted molar refractivity (Wildman–Crippen MR) is 32.9 cm³/mol. The molecule has 0 bridgehead atoms. The Labute approximate surface area is 52.3 Å². The zero-order valence-electron chi connectivity index (χ0n) is 4.37. The lowest BCUT2D eigenvalue weighted by molar-refractivity contribution is 0.0994. The zero-order valence-corrected chi connectivity index (χ0v) is 5.19. The van der Waals surface area contributed by atoms with Crippen molar-refractivity contribution in [1.29, 1.82) is 0 Å². The van der Waals surface area contributed by atoms with Crippen molar-refractivity contribution >= 4 is 12.1 Å². The van der Waals surface area contributed by atoms with Crippen LogP contribution in [0.15, 0.2) is 0 Å². The van der Waals surface area contributed by atoms with E-state index in [4.69, 9.17) is 15.4 Å². The Bertz CT molecular complexity index is 54.5. The first kappa shape index (κ1) is 8.19. The molecule has 4 nitrogen and oxygen atoms in total. The van der Waals surface area contributed by atoms with Gasteiger partial charge in [0.25, 0.3) is 0 Å². The normalized spacial score (nSPS) is 13.9. The SMILES string of the molecule is NSNCC(O)CO. The van der Waals surface area contributed by atoms with E-state index < -0.39 is 6.10 Å². The standard InChI is InChI=1S/C3H10N2O2S/c4-8-5-1-3(7)2-6/h3,5-7H,1-2,4H2. The average molecular weight is 138 g/mol. The van der Waals surface area contributed by atoms with E-state index >= 15 is 0 Å². The van der Waals surface area contributed by atoms with Crippen LogP contribution >= 0.6 is 12.1 Å². The summed E-state index contributed by atoms with van der Waals surface area (Å²) in [6.45, 7) is 0.0885. The highest BCUT2D eigenvalue weighted by molar-refractivity contribution is 7.95. The number of nitrogens with one attached hydrogen (secondary N) is 1. The first-order valence-electron chi connectivity index (χ1n) is 2.18. The Morgan fingerprint density at radius 1 is 1.75 bits per heavy atom. The summed E-state index contributed by atoms with van der Waals surface area (Å²) in [6.07, 6.45) is -0.703. The molecular formula is C3H10N2O2S. The first-order chi connectivity index (χ1) is 3.81. The van der Waals surface area contributed by atoms with Crippen molar-refractivity contribution in [2.45, 2.75) is 6.10 Å². The molecule has 0 heterocycles.